The third-order valence-corrected chi connectivity index (χ3v) is 2.59. The van der Waals surface area contributed by atoms with Crippen molar-refractivity contribution in [3.05, 3.63) is 0 Å². The molecule has 15 heavy (non-hydrogen) atoms. The summed E-state index contributed by atoms with van der Waals surface area (Å²) in [7, 11) is 0. The quantitative estimate of drug-likeness (QED) is 0.547. The van der Waals surface area contributed by atoms with Crippen molar-refractivity contribution < 1.29 is 0 Å². The van der Waals surface area contributed by atoms with Crippen LogP contribution in [-0.4, -0.2) is 23.5 Å². The van der Waals surface area contributed by atoms with Gasteiger partial charge in [-0.3, -0.25) is 4.90 Å². The summed E-state index contributed by atoms with van der Waals surface area (Å²) in [5.41, 5.74) is 0.164. The van der Waals surface area contributed by atoms with E-state index in [0.717, 1.165) is 25.9 Å². The lowest BCUT2D eigenvalue weighted by atomic mass is 10.1. The molecule has 0 aromatic heterocycles. The fourth-order valence-corrected chi connectivity index (χ4v) is 1.44. The van der Waals surface area contributed by atoms with Crippen molar-refractivity contribution in [2.45, 2.75) is 52.0 Å². The number of rotatable bonds is 0. The van der Waals surface area contributed by atoms with Crippen molar-refractivity contribution in [2.24, 2.45) is 0 Å². The predicted octanol–water partition coefficient (Wildman–Crippen LogP) is 2.67. The summed E-state index contributed by atoms with van der Waals surface area (Å²) in [6.07, 6.45) is 4.44. The Morgan fingerprint density at radius 2 is 1.27 bits per heavy atom. The fourth-order valence-electron chi connectivity index (χ4n) is 1.44. The molecule has 0 saturated carbocycles. The van der Waals surface area contributed by atoms with E-state index in [2.05, 4.69) is 49.4 Å². The molecular weight excluding hydrogens is 182 g/mol. The van der Waals surface area contributed by atoms with Crippen LogP contribution in [0.15, 0.2) is 0 Å². The molecule has 1 aliphatic rings. The maximum Gasteiger partial charge on any atom is 0.0615 e. The summed E-state index contributed by atoms with van der Waals surface area (Å²) in [6.45, 7) is 8.35. The topological polar surface area (TPSA) is 3.24 Å². The molecule has 0 unspecified atom stereocenters. The van der Waals surface area contributed by atoms with E-state index in [1.807, 2.05) is 0 Å². The van der Waals surface area contributed by atoms with Crippen LogP contribution >= 0.6 is 0 Å². The predicted molar refractivity (Wildman–Crippen MR) is 65.3 cm³/mol. The third-order valence-electron chi connectivity index (χ3n) is 2.59. The Morgan fingerprint density at radius 1 is 0.800 bits per heavy atom. The van der Waals surface area contributed by atoms with Gasteiger partial charge >= 0.3 is 0 Å². The SMILES string of the molecule is CC(C)(C)N1CC#CCCCCC#CC1. The lowest BCUT2D eigenvalue weighted by molar-refractivity contribution is 0.179. The van der Waals surface area contributed by atoms with Crippen LogP contribution in [0.1, 0.15) is 46.5 Å². The van der Waals surface area contributed by atoms with Gasteiger partial charge in [0, 0.05) is 18.4 Å². The normalized spacial score (nSPS) is 19.1. The van der Waals surface area contributed by atoms with Gasteiger partial charge in [0.05, 0.1) is 13.1 Å². The van der Waals surface area contributed by atoms with Gasteiger partial charge in [-0.2, -0.15) is 0 Å². The van der Waals surface area contributed by atoms with Crippen LogP contribution < -0.4 is 0 Å². The van der Waals surface area contributed by atoms with Gasteiger partial charge in [-0.05, 0) is 33.6 Å². The van der Waals surface area contributed by atoms with Crippen molar-refractivity contribution >= 4 is 0 Å². The highest BCUT2D eigenvalue weighted by Gasteiger charge is 2.18. The molecule has 0 bridgehead atoms. The largest absolute Gasteiger partial charge is 0.276 e. The summed E-state index contributed by atoms with van der Waals surface area (Å²) in [5.74, 6) is 13.0. The van der Waals surface area contributed by atoms with Gasteiger partial charge in [0.25, 0.3) is 0 Å². The Bertz CT molecular complexity index is 274. The zero-order valence-corrected chi connectivity index (χ0v) is 10.2. The van der Waals surface area contributed by atoms with E-state index in [9.17, 15) is 0 Å². The van der Waals surface area contributed by atoms with Crippen molar-refractivity contribution in [1.29, 1.82) is 0 Å². The molecule has 1 aliphatic heterocycles. The van der Waals surface area contributed by atoms with E-state index in [1.165, 1.54) is 12.8 Å². The van der Waals surface area contributed by atoms with Gasteiger partial charge in [-0.1, -0.05) is 11.8 Å². The smallest absolute Gasteiger partial charge is 0.0615 e. The highest BCUT2D eigenvalue weighted by Crippen LogP contribution is 2.11. The van der Waals surface area contributed by atoms with Crippen molar-refractivity contribution in [3.63, 3.8) is 0 Å². The molecule has 1 heteroatoms. The lowest BCUT2D eigenvalue weighted by Gasteiger charge is -2.32. The summed E-state index contributed by atoms with van der Waals surface area (Å²) in [5, 5.41) is 0. The summed E-state index contributed by atoms with van der Waals surface area (Å²) in [6, 6.07) is 0. The van der Waals surface area contributed by atoms with Crippen LogP contribution in [0.4, 0.5) is 0 Å². The molecule has 0 amide bonds. The van der Waals surface area contributed by atoms with Crippen LogP contribution in [0, 0.1) is 23.7 Å². The van der Waals surface area contributed by atoms with Gasteiger partial charge < -0.3 is 0 Å². The van der Waals surface area contributed by atoms with E-state index in [0.29, 0.717) is 0 Å². The monoisotopic (exact) mass is 203 g/mol. The summed E-state index contributed by atoms with van der Waals surface area (Å²) < 4.78 is 0. The van der Waals surface area contributed by atoms with Crippen molar-refractivity contribution in [3.8, 4) is 23.7 Å². The average molecular weight is 203 g/mol. The zero-order chi connectivity index (χ0) is 11.1. The first-order valence-electron chi connectivity index (χ1n) is 5.77. The molecule has 82 valence electrons. The number of hydrogen-bond acceptors (Lipinski definition) is 1. The summed E-state index contributed by atoms with van der Waals surface area (Å²) >= 11 is 0. The second-order valence-corrected chi connectivity index (χ2v) is 4.94. The number of nitrogens with zero attached hydrogens (tertiary/aromatic N) is 1. The first-order chi connectivity index (χ1) is 7.11. The van der Waals surface area contributed by atoms with Crippen LogP contribution in [0.25, 0.3) is 0 Å². The van der Waals surface area contributed by atoms with E-state index < -0.39 is 0 Å². The zero-order valence-electron chi connectivity index (χ0n) is 10.2. The Balaban J connectivity index is 2.66. The van der Waals surface area contributed by atoms with Crippen LogP contribution in [0.3, 0.4) is 0 Å². The standard InChI is InChI=1S/C14H21N/c1-14(2,3)15-12-10-8-6-4-5-7-9-11-13-15/h4-7,12-13H2,1-3H3. The molecule has 1 nitrogen and oxygen atoms in total. The molecule has 1 rings (SSSR count). The van der Waals surface area contributed by atoms with E-state index in [-0.39, 0.29) is 5.54 Å². The van der Waals surface area contributed by atoms with Gasteiger partial charge in [-0.25, -0.2) is 0 Å². The Morgan fingerprint density at radius 3 is 1.67 bits per heavy atom. The molecule has 0 aromatic carbocycles. The van der Waals surface area contributed by atoms with Gasteiger partial charge in [0.15, 0.2) is 0 Å². The van der Waals surface area contributed by atoms with Crippen LogP contribution in [-0.2, 0) is 0 Å². The van der Waals surface area contributed by atoms with Gasteiger partial charge in [-0.15, -0.1) is 11.8 Å². The molecule has 0 atom stereocenters. The minimum Gasteiger partial charge on any atom is -0.276 e. The average Bonchev–Trinajstić information content (AvgIpc) is 2.20. The molecule has 0 N–H and O–H groups in total. The van der Waals surface area contributed by atoms with Crippen molar-refractivity contribution in [1.82, 2.24) is 4.90 Å². The minimum absolute atomic E-state index is 0.164. The molecule has 0 aliphatic carbocycles. The van der Waals surface area contributed by atoms with Gasteiger partial charge in [0.1, 0.15) is 0 Å². The maximum absolute atomic E-state index is 3.25. The fraction of sp³-hybridized carbons (Fsp3) is 0.714. The molecule has 1 heterocycles. The molecule has 0 fully saturated rings. The maximum atomic E-state index is 3.25. The lowest BCUT2D eigenvalue weighted by Crippen LogP contribution is -2.41. The third kappa shape index (κ3) is 4.91. The van der Waals surface area contributed by atoms with E-state index in [1.54, 1.807) is 0 Å². The second-order valence-electron chi connectivity index (χ2n) is 4.94. The van der Waals surface area contributed by atoms with E-state index in [4.69, 9.17) is 0 Å². The van der Waals surface area contributed by atoms with E-state index >= 15 is 0 Å². The summed E-state index contributed by atoms with van der Waals surface area (Å²) in [4.78, 5) is 2.33. The minimum atomic E-state index is 0.164. The second kappa shape index (κ2) is 5.84. The first-order valence-corrected chi connectivity index (χ1v) is 5.77. The Kier molecular flexibility index (Phi) is 4.73. The molecule has 0 radical (unpaired) electrons. The molecule has 0 aromatic rings. The molecule has 0 saturated heterocycles. The van der Waals surface area contributed by atoms with Gasteiger partial charge in [0.2, 0.25) is 0 Å². The highest BCUT2D eigenvalue weighted by atomic mass is 15.2. The van der Waals surface area contributed by atoms with Crippen LogP contribution in [0.2, 0.25) is 0 Å². The molecular formula is C14H21N. The van der Waals surface area contributed by atoms with Crippen LogP contribution in [0.5, 0.6) is 0 Å². The Hall–Kier alpha value is -0.920. The molecule has 0 spiro atoms. The Labute approximate surface area is 94.2 Å². The number of hydrogen-bond donors (Lipinski definition) is 0. The highest BCUT2D eigenvalue weighted by molar-refractivity contribution is 5.08. The van der Waals surface area contributed by atoms with Crippen molar-refractivity contribution in [2.75, 3.05) is 13.1 Å². The first kappa shape index (κ1) is 12.2.